The van der Waals surface area contributed by atoms with Crippen molar-refractivity contribution in [3.05, 3.63) is 39.2 Å². The summed E-state index contributed by atoms with van der Waals surface area (Å²) in [6.45, 7) is 2.78. The van der Waals surface area contributed by atoms with Gasteiger partial charge in [-0.2, -0.15) is 0 Å². The van der Waals surface area contributed by atoms with Crippen molar-refractivity contribution in [3.8, 4) is 5.75 Å². The Morgan fingerprint density at radius 1 is 1.14 bits per heavy atom. The Balaban J connectivity index is 2.59. The maximum absolute atomic E-state index is 12.0. The van der Waals surface area contributed by atoms with Gasteiger partial charge in [-0.15, -0.1) is 0 Å². The molecule has 22 heavy (non-hydrogen) atoms. The molecule has 0 atom stereocenters. The molecule has 1 aromatic heterocycles. The minimum atomic E-state index is -1.12. The number of fused-ring (bicyclic) bond motifs is 1. The summed E-state index contributed by atoms with van der Waals surface area (Å²) in [7, 11) is 0. The van der Waals surface area contributed by atoms with E-state index in [9.17, 15) is 14.4 Å². The molecule has 116 valence electrons. The van der Waals surface area contributed by atoms with Gasteiger partial charge in [0.2, 0.25) is 0 Å². The molecule has 0 amide bonds. The van der Waals surface area contributed by atoms with E-state index in [1.54, 1.807) is 26.0 Å². The number of benzene rings is 1. The van der Waals surface area contributed by atoms with E-state index in [2.05, 4.69) is 0 Å². The summed E-state index contributed by atoms with van der Waals surface area (Å²) in [5, 5.41) is 18.1. The van der Waals surface area contributed by atoms with Crippen LogP contribution in [0.15, 0.2) is 21.3 Å². The van der Waals surface area contributed by atoms with Crippen molar-refractivity contribution in [2.45, 2.75) is 20.3 Å². The molecule has 0 spiro atoms. The van der Waals surface area contributed by atoms with Gasteiger partial charge in [-0.1, -0.05) is 0 Å². The third-order valence-electron chi connectivity index (χ3n) is 3.33. The minimum Gasteiger partial charge on any atom is -0.481 e. The van der Waals surface area contributed by atoms with E-state index in [1.165, 1.54) is 0 Å². The van der Waals surface area contributed by atoms with Crippen LogP contribution >= 0.6 is 0 Å². The molecule has 0 unspecified atom stereocenters. The van der Waals surface area contributed by atoms with Crippen LogP contribution in [0.2, 0.25) is 0 Å². The molecule has 0 fully saturated rings. The zero-order valence-corrected chi connectivity index (χ0v) is 12.0. The quantitative estimate of drug-likeness (QED) is 0.804. The lowest BCUT2D eigenvalue weighted by Gasteiger charge is -2.11. The lowest BCUT2D eigenvalue weighted by atomic mass is 10.0. The second kappa shape index (κ2) is 5.88. The van der Waals surface area contributed by atoms with Crippen molar-refractivity contribution in [1.29, 1.82) is 0 Å². The van der Waals surface area contributed by atoms with Gasteiger partial charge < -0.3 is 19.4 Å². The Labute approximate surface area is 124 Å². The second-order valence-corrected chi connectivity index (χ2v) is 4.81. The highest BCUT2D eigenvalue weighted by Crippen LogP contribution is 2.29. The van der Waals surface area contributed by atoms with E-state index < -0.39 is 30.6 Å². The number of hydrogen-bond donors (Lipinski definition) is 2. The van der Waals surface area contributed by atoms with Crippen LogP contribution in [-0.4, -0.2) is 28.8 Å². The van der Waals surface area contributed by atoms with Crippen molar-refractivity contribution < 1.29 is 29.0 Å². The molecule has 0 bridgehead atoms. The molecule has 0 saturated carbocycles. The average molecular weight is 306 g/mol. The van der Waals surface area contributed by atoms with Crippen molar-refractivity contribution in [2.24, 2.45) is 0 Å². The van der Waals surface area contributed by atoms with Crippen molar-refractivity contribution in [3.63, 3.8) is 0 Å². The van der Waals surface area contributed by atoms with E-state index in [4.69, 9.17) is 19.4 Å². The maximum Gasteiger partial charge on any atom is 0.341 e. The van der Waals surface area contributed by atoms with E-state index in [-0.39, 0.29) is 11.1 Å². The van der Waals surface area contributed by atoms with Crippen LogP contribution in [-0.2, 0) is 16.0 Å². The summed E-state index contributed by atoms with van der Waals surface area (Å²) < 4.78 is 10.3. The number of carboxylic acid groups (broad SMARTS) is 2. The Bertz CT molecular complexity index is 817. The highest BCUT2D eigenvalue weighted by Gasteiger charge is 2.17. The Kier molecular flexibility index (Phi) is 4.16. The summed E-state index contributed by atoms with van der Waals surface area (Å²) in [5.74, 6) is -1.94. The SMILES string of the molecule is Cc1c(CC(=O)O)c(=O)oc2c(C)c(OCC(=O)O)ccc12. The minimum absolute atomic E-state index is 0.0959. The van der Waals surface area contributed by atoms with E-state index >= 15 is 0 Å². The zero-order chi connectivity index (χ0) is 16.4. The zero-order valence-electron chi connectivity index (χ0n) is 12.0. The van der Waals surface area contributed by atoms with Crippen LogP contribution in [0.1, 0.15) is 16.7 Å². The monoisotopic (exact) mass is 306 g/mol. The van der Waals surface area contributed by atoms with Gasteiger partial charge in [0.05, 0.1) is 12.0 Å². The summed E-state index contributed by atoms with van der Waals surface area (Å²) in [6.07, 6.45) is -0.416. The van der Waals surface area contributed by atoms with Crippen LogP contribution in [0.4, 0.5) is 0 Å². The Hall–Kier alpha value is -2.83. The van der Waals surface area contributed by atoms with Crippen LogP contribution in [0.25, 0.3) is 11.0 Å². The number of aliphatic carboxylic acids is 2. The summed E-state index contributed by atoms with van der Waals surface area (Å²) in [6, 6.07) is 3.18. The fourth-order valence-electron chi connectivity index (χ4n) is 2.22. The maximum atomic E-state index is 12.0. The van der Waals surface area contributed by atoms with Crippen molar-refractivity contribution in [2.75, 3.05) is 6.61 Å². The van der Waals surface area contributed by atoms with Gasteiger partial charge in [-0.25, -0.2) is 9.59 Å². The molecule has 0 aliphatic heterocycles. The molecule has 2 aromatic rings. The van der Waals surface area contributed by atoms with E-state index in [0.717, 1.165) is 0 Å². The van der Waals surface area contributed by atoms with Crippen LogP contribution in [0.3, 0.4) is 0 Å². The van der Waals surface area contributed by atoms with Crippen molar-refractivity contribution >= 4 is 22.9 Å². The molecule has 1 aromatic carbocycles. The first-order chi connectivity index (χ1) is 10.3. The van der Waals surface area contributed by atoms with Crippen molar-refractivity contribution in [1.82, 2.24) is 0 Å². The molecule has 7 heteroatoms. The first-order valence-corrected chi connectivity index (χ1v) is 6.43. The molecule has 1 heterocycles. The summed E-state index contributed by atoms with van der Waals surface area (Å²) >= 11 is 0. The molecule has 0 aliphatic rings. The lowest BCUT2D eigenvalue weighted by Crippen LogP contribution is -2.15. The topological polar surface area (TPSA) is 114 Å². The number of ether oxygens (including phenoxy) is 1. The van der Waals surface area contributed by atoms with Gasteiger partial charge in [0, 0.05) is 10.9 Å². The number of rotatable bonds is 5. The largest absolute Gasteiger partial charge is 0.481 e. The smallest absolute Gasteiger partial charge is 0.341 e. The number of hydrogen-bond acceptors (Lipinski definition) is 5. The van der Waals surface area contributed by atoms with Gasteiger partial charge in [0.1, 0.15) is 11.3 Å². The molecule has 2 rings (SSSR count). The highest BCUT2D eigenvalue weighted by atomic mass is 16.5. The van der Waals surface area contributed by atoms with Crippen LogP contribution in [0, 0.1) is 13.8 Å². The number of carboxylic acids is 2. The number of aryl methyl sites for hydroxylation is 2. The fourth-order valence-corrected chi connectivity index (χ4v) is 2.22. The molecular weight excluding hydrogens is 292 g/mol. The molecule has 0 saturated heterocycles. The van der Waals surface area contributed by atoms with E-state index in [0.29, 0.717) is 22.3 Å². The highest BCUT2D eigenvalue weighted by molar-refractivity contribution is 5.86. The third kappa shape index (κ3) is 2.93. The van der Waals surface area contributed by atoms with Crippen LogP contribution in [0.5, 0.6) is 5.75 Å². The van der Waals surface area contributed by atoms with Gasteiger partial charge in [0.25, 0.3) is 0 Å². The first kappa shape index (κ1) is 15.6. The summed E-state index contributed by atoms with van der Waals surface area (Å²) in [4.78, 5) is 33.3. The lowest BCUT2D eigenvalue weighted by molar-refractivity contribution is -0.139. The van der Waals surface area contributed by atoms with Gasteiger partial charge in [-0.3, -0.25) is 4.79 Å². The Morgan fingerprint density at radius 3 is 2.41 bits per heavy atom. The predicted octanol–water partition coefficient (Wildman–Crippen LogP) is 1.50. The van der Waals surface area contributed by atoms with Gasteiger partial charge >= 0.3 is 17.6 Å². The van der Waals surface area contributed by atoms with Crippen LogP contribution < -0.4 is 10.4 Å². The molecule has 0 radical (unpaired) electrons. The van der Waals surface area contributed by atoms with Gasteiger partial charge in [0.15, 0.2) is 6.61 Å². The average Bonchev–Trinajstić information content (AvgIpc) is 2.43. The normalized spacial score (nSPS) is 10.6. The van der Waals surface area contributed by atoms with E-state index in [1.807, 2.05) is 0 Å². The Morgan fingerprint density at radius 2 is 1.82 bits per heavy atom. The van der Waals surface area contributed by atoms with Gasteiger partial charge in [-0.05, 0) is 31.5 Å². The number of carbonyl (C=O) groups is 2. The second-order valence-electron chi connectivity index (χ2n) is 4.81. The molecular formula is C15H14O7. The summed E-state index contributed by atoms with van der Waals surface area (Å²) in [5.41, 5.74) is 0.659. The first-order valence-electron chi connectivity index (χ1n) is 6.43. The fraction of sp³-hybridized carbons (Fsp3) is 0.267. The molecule has 7 nitrogen and oxygen atoms in total. The standard InChI is InChI=1S/C15H14O7/c1-7-9-3-4-11(21-6-13(18)19)8(2)14(9)22-15(20)10(7)5-12(16)17/h3-4H,5-6H2,1-2H3,(H,16,17)(H,18,19). The predicted molar refractivity (Wildman–Crippen MR) is 76.4 cm³/mol. The third-order valence-corrected chi connectivity index (χ3v) is 3.33. The molecule has 0 aliphatic carbocycles. The molecule has 2 N–H and O–H groups in total.